The van der Waals surface area contributed by atoms with Crippen LogP contribution in [0.5, 0.6) is 0 Å². The van der Waals surface area contributed by atoms with Gasteiger partial charge in [0.25, 0.3) is 5.69 Å². The third-order valence-corrected chi connectivity index (χ3v) is 4.66. The maximum Gasteiger partial charge on any atom is 0.324 e. The fourth-order valence-corrected chi connectivity index (χ4v) is 3.58. The number of rotatable bonds is 8. The molecule has 0 aliphatic carbocycles. The number of ether oxygens (including phenoxy) is 1. The number of halogens is 1. The second kappa shape index (κ2) is 8.37. The molecule has 0 fully saturated rings. The van der Waals surface area contributed by atoms with E-state index in [1.807, 2.05) is 0 Å². The van der Waals surface area contributed by atoms with Crippen molar-refractivity contribution >= 4 is 37.6 Å². The van der Waals surface area contributed by atoms with Gasteiger partial charge in [0.1, 0.15) is 6.04 Å². The Labute approximate surface area is 142 Å². The number of carbonyl (C=O) groups excluding carboxylic acids is 1. The molecule has 0 unspecified atom stereocenters. The van der Waals surface area contributed by atoms with Crippen molar-refractivity contribution in [3.63, 3.8) is 0 Å². The molecule has 10 heteroatoms. The minimum Gasteiger partial charge on any atom is -0.462 e. The summed E-state index contributed by atoms with van der Waals surface area (Å²) in [7, 11) is -4.25. The number of nitrogens with zero attached hydrogens (tertiary/aromatic N) is 1. The monoisotopic (exact) mass is 408 g/mol. The molecular formula is C13H17BrN2O6S. The van der Waals surface area contributed by atoms with E-state index in [1.54, 1.807) is 13.8 Å². The number of benzene rings is 1. The molecule has 0 amide bonds. The highest BCUT2D eigenvalue weighted by atomic mass is 79.9. The van der Waals surface area contributed by atoms with Gasteiger partial charge >= 0.3 is 5.97 Å². The van der Waals surface area contributed by atoms with Gasteiger partial charge in [-0.15, -0.1) is 0 Å². The van der Waals surface area contributed by atoms with Gasteiger partial charge in [-0.1, -0.05) is 28.1 Å². The Balaban J connectivity index is 3.12. The predicted molar refractivity (Wildman–Crippen MR) is 86.8 cm³/mol. The predicted octanol–water partition coefficient (Wildman–Crippen LogP) is 1.98. The average Bonchev–Trinajstić information content (AvgIpc) is 2.45. The lowest BCUT2D eigenvalue weighted by Crippen LogP contribution is -2.42. The summed E-state index contributed by atoms with van der Waals surface area (Å²) in [5, 5.41) is 11.3. The zero-order valence-corrected chi connectivity index (χ0v) is 15.0. The van der Waals surface area contributed by atoms with Crippen LogP contribution < -0.4 is 4.72 Å². The summed E-state index contributed by atoms with van der Waals surface area (Å²) in [5.74, 6) is -0.735. The molecule has 0 radical (unpaired) electrons. The van der Waals surface area contributed by atoms with Gasteiger partial charge in [0.15, 0.2) is 4.90 Å². The van der Waals surface area contributed by atoms with Crippen LogP contribution in [0, 0.1) is 10.1 Å². The third kappa shape index (κ3) is 5.56. The van der Waals surface area contributed by atoms with Crippen molar-refractivity contribution in [1.29, 1.82) is 0 Å². The summed E-state index contributed by atoms with van der Waals surface area (Å²) >= 11 is 3.14. The molecule has 23 heavy (non-hydrogen) atoms. The molecule has 0 bridgehead atoms. The number of carbonyl (C=O) groups is 1. The van der Waals surface area contributed by atoms with Gasteiger partial charge in [0.05, 0.1) is 11.0 Å². The van der Waals surface area contributed by atoms with Gasteiger partial charge in [-0.25, -0.2) is 8.42 Å². The first kappa shape index (κ1) is 19.5. The molecular weight excluding hydrogens is 392 g/mol. The van der Waals surface area contributed by atoms with Gasteiger partial charge in [0, 0.05) is 11.4 Å². The van der Waals surface area contributed by atoms with E-state index < -0.39 is 43.6 Å². The Bertz CT molecular complexity index is 677. The van der Waals surface area contributed by atoms with E-state index in [2.05, 4.69) is 20.7 Å². The van der Waals surface area contributed by atoms with Gasteiger partial charge in [-0.3, -0.25) is 14.9 Å². The number of sulfonamides is 1. The highest BCUT2D eigenvalue weighted by molar-refractivity contribution is 9.09. The quantitative estimate of drug-likeness (QED) is 0.304. The lowest BCUT2D eigenvalue weighted by molar-refractivity contribution is -0.387. The SMILES string of the molecule is CC(C)OC(=O)[C@@H](CCBr)NS(=O)(=O)c1ccccc1[N+](=O)[O-]. The van der Waals surface area contributed by atoms with Gasteiger partial charge in [0.2, 0.25) is 10.0 Å². The van der Waals surface area contributed by atoms with Crippen LogP contribution in [0.15, 0.2) is 29.2 Å². The summed E-state index contributed by atoms with van der Waals surface area (Å²) < 4.78 is 32.0. The van der Waals surface area contributed by atoms with Crippen LogP contribution >= 0.6 is 15.9 Å². The number of nitro benzene ring substituents is 1. The number of alkyl halides is 1. The van der Waals surface area contributed by atoms with Crippen molar-refractivity contribution < 1.29 is 22.9 Å². The Morgan fingerprint density at radius 2 is 2.00 bits per heavy atom. The maximum absolute atomic E-state index is 12.4. The van der Waals surface area contributed by atoms with Crippen LogP contribution in [-0.4, -0.2) is 36.8 Å². The third-order valence-electron chi connectivity index (χ3n) is 2.68. The number of para-hydroxylation sites is 1. The molecule has 1 aromatic carbocycles. The fourth-order valence-electron chi connectivity index (χ4n) is 1.73. The molecule has 0 aliphatic heterocycles. The van der Waals surface area contributed by atoms with Gasteiger partial charge in [-0.05, 0) is 26.3 Å². The Morgan fingerprint density at radius 1 is 1.39 bits per heavy atom. The molecule has 0 saturated heterocycles. The largest absolute Gasteiger partial charge is 0.462 e. The van der Waals surface area contributed by atoms with E-state index in [4.69, 9.17) is 4.74 Å². The minimum atomic E-state index is -4.25. The average molecular weight is 409 g/mol. The van der Waals surface area contributed by atoms with Crippen molar-refractivity contribution in [3.8, 4) is 0 Å². The van der Waals surface area contributed by atoms with Gasteiger partial charge in [-0.2, -0.15) is 4.72 Å². The highest BCUT2D eigenvalue weighted by Gasteiger charge is 2.31. The molecule has 128 valence electrons. The van der Waals surface area contributed by atoms with E-state index in [0.29, 0.717) is 5.33 Å². The Kier molecular flexibility index (Phi) is 7.10. The minimum absolute atomic E-state index is 0.144. The summed E-state index contributed by atoms with van der Waals surface area (Å²) in [4.78, 5) is 21.7. The number of nitrogens with one attached hydrogen (secondary N) is 1. The Morgan fingerprint density at radius 3 is 2.52 bits per heavy atom. The molecule has 0 spiro atoms. The summed E-state index contributed by atoms with van der Waals surface area (Å²) in [6, 6.07) is 3.79. The van der Waals surface area contributed by atoms with E-state index >= 15 is 0 Å². The fraction of sp³-hybridized carbons (Fsp3) is 0.462. The van der Waals surface area contributed by atoms with Crippen LogP contribution in [0.25, 0.3) is 0 Å². The zero-order chi connectivity index (χ0) is 17.6. The van der Waals surface area contributed by atoms with Crippen LogP contribution in [0.3, 0.4) is 0 Å². The highest BCUT2D eigenvalue weighted by Crippen LogP contribution is 2.23. The molecule has 1 rings (SSSR count). The molecule has 1 atom stereocenters. The first-order valence-corrected chi connectivity index (χ1v) is 9.31. The number of nitro groups is 1. The first-order chi connectivity index (χ1) is 10.7. The number of hydrogen-bond acceptors (Lipinski definition) is 6. The second-order valence-electron chi connectivity index (χ2n) is 4.86. The number of hydrogen-bond donors (Lipinski definition) is 1. The zero-order valence-electron chi connectivity index (χ0n) is 12.6. The van der Waals surface area contributed by atoms with Crippen molar-refractivity contribution in [2.24, 2.45) is 0 Å². The lowest BCUT2D eigenvalue weighted by Gasteiger charge is -2.18. The van der Waals surface area contributed by atoms with Crippen LogP contribution in [-0.2, 0) is 19.6 Å². The van der Waals surface area contributed by atoms with Gasteiger partial charge < -0.3 is 4.74 Å². The normalized spacial score (nSPS) is 12.9. The summed E-state index contributed by atoms with van der Waals surface area (Å²) in [6.07, 6.45) is -0.262. The topological polar surface area (TPSA) is 116 Å². The maximum atomic E-state index is 12.4. The number of esters is 1. The summed E-state index contributed by atoms with van der Waals surface area (Å²) in [5.41, 5.74) is -0.560. The van der Waals surface area contributed by atoms with E-state index in [1.165, 1.54) is 12.1 Å². The molecule has 1 aromatic rings. The van der Waals surface area contributed by atoms with E-state index in [0.717, 1.165) is 12.1 Å². The molecule has 0 aromatic heterocycles. The van der Waals surface area contributed by atoms with E-state index in [9.17, 15) is 23.3 Å². The van der Waals surface area contributed by atoms with Crippen LogP contribution in [0.2, 0.25) is 0 Å². The summed E-state index contributed by atoms with van der Waals surface area (Å²) in [6.45, 7) is 3.28. The lowest BCUT2D eigenvalue weighted by atomic mass is 10.2. The van der Waals surface area contributed by atoms with Crippen LogP contribution in [0.4, 0.5) is 5.69 Å². The Hall–Kier alpha value is -1.52. The second-order valence-corrected chi connectivity index (χ2v) is 7.34. The van der Waals surface area contributed by atoms with Crippen molar-refractivity contribution in [2.45, 2.75) is 37.3 Å². The molecule has 0 saturated carbocycles. The molecule has 8 nitrogen and oxygen atoms in total. The van der Waals surface area contributed by atoms with E-state index in [-0.39, 0.29) is 6.42 Å². The smallest absolute Gasteiger partial charge is 0.324 e. The molecule has 1 N–H and O–H groups in total. The van der Waals surface area contributed by atoms with Crippen molar-refractivity contribution in [1.82, 2.24) is 4.72 Å². The van der Waals surface area contributed by atoms with Crippen molar-refractivity contribution in [2.75, 3.05) is 5.33 Å². The van der Waals surface area contributed by atoms with Crippen LogP contribution in [0.1, 0.15) is 20.3 Å². The molecule has 0 heterocycles. The standard InChI is InChI=1S/C13H17BrN2O6S/c1-9(2)22-13(17)10(7-8-14)15-23(20,21)12-6-4-3-5-11(12)16(18)19/h3-6,9-10,15H,7-8H2,1-2H3/t10-/m1/s1. The molecule has 0 aliphatic rings. The first-order valence-electron chi connectivity index (χ1n) is 6.71. The van der Waals surface area contributed by atoms with Crippen molar-refractivity contribution in [3.05, 3.63) is 34.4 Å².